The first-order valence-electron chi connectivity index (χ1n) is 6.54. The maximum atomic E-state index is 12.4. The molecule has 7 nitrogen and oxygen atoms in total. The molecule has 1 aliphatic rings. The van der Waals surface area contributed by atoms with E-state index in [1.165, 1.54) is 18.4 Å². The second-order valence-corrected chi connectivity index (χ2v) is 6.52. The number of aromatic nitrogens is 3. The Hall–Kier alpha value is -1.74. The Kier molecular flexibility index (Phi) is 4.02. The Morgan fingerprint density at radius 2 is 2.38 bits per heavy atom. The van der Waals surface area contributed by atoms with Crippen LogP contribution in [0.25, 0.3) is 0 Å². The van der Waals surface area contributed by atoms with E-state index in [-0.39, 0.29) is 12.1 Å². The van der Waals surface area contributed by atoms with E-state index in [2.05, 4.69) is 20.5 Å². The SMILES string of the molecule is COc1nnc(NC(=O)N2CCC[C@H]2c2nc(C)cs2)s1. The number of methoxy groups -OCH3 is 1. The molecule has 1 atom stereocenters. The summed E-state index contributed by atoms with van der Waals surface area (Å²) in [5.41, 5.74) is 0.996. The summed E-state index contributed by atoms with van der Waals surface area (Å²) < 4.78 is 4.97. The number of aryl methyl sites for hydroxylation is 1. The summed E-state index contributed by atoms with van der Waals surface area (Å²) >= 11 is 2.81. The molecule has 0 aromatic carbocycles. The second-order valence-electron chi connectivity index (χ2n) is 4.69. The van der Waals surface area contributed by atoms with Crippen molar-refractivity contribution in [1.82, 2.24) is 20.1 Å². The van der Waals surface area contributed by atoms with Gasteiger partial charge in [0.2, 0.25) is 5.13 Å². The minimum absolute atomic E-state index is 0.0542. The number of nitrogens with zero attached hydrogens (tertiary/aromatic N) is 4. The van der Waals surface area contributed by atoms with Crippen molar-refractivity contribution >= 4 is 33.8 Å². The van der Waals surface area contributed by atoms with E-state index in [4.69, 9.17) is 4.74 Å². The van der Waals surface area contributed by atoms with Gasteiger partial charge in [-0.2, -0.15) is 0 Å². The van der Waals surface area contributed by atoms with Crippen LogP contribution in [0.15, 0.2) is 5.38 Å². The van der Waals surface area contributed by atoms with Gasteiger partial charge in [0.15, 0.2) is 0 Å². The van der Waals surface area contributed by atoms with Gasteiger partial charge in [-0.1, -0.05) is 5.10 Å². The van der Waals surface area contributed by atoms with Crippen molar-refractivity contribution in [3.8, 4) is 5.19 Å². The first-order chi connectivity index (χ1) is 10.2. The van der Waals surface area contributed by atoms with Crippen molar-refractivity contribution in [2.45, 2.75) is 25.8 Å². The summed E-state index contributed by atoms with van der Waals surface area (Å²) in [6.07, 6.45) is 1.93. The number of carbonyl (C=O) groups excluding carboxylic acids is 1. The number of ether oxygens (including phenoxy) is 1. The zero-order valence-electron chi connectivity index (χ0n) is 11.7. The molecule has 3 heterocycles. The van der Waals surface area contributed by atoms with Gasteiger partial charge in [-0.15, -0.1) is 16.4 Å². The quantitative estimate of drug-likeness (QED) is 0.938. The predicted molar refractivity (Wildman–Crippen MR) is 81.0 cm³/mol. The zero-order valence-corrected chi connectivity index (χ0v) is 13.3. The van der Waals surface area contributed by atoms with Crippen LogP contribution in [0.3, 0.4) is 0 Å². The Bertz CT molecular complexity index is 641. The number of nitrogens with one attached hydrogen (secondary N) is 1. The van der Waals surface area contributed by atoms with Crippen LogP contribution >= 0.6 is 22.7 Å². The first kappa shape index (κ1) is 14.2. The van der Waals surface area contributed by atoms with Crippen LogP contribution in [0.5, 0.6) is 5.19 Å². The molecule has 0 radical (unpaired) electrons. The third kappa shape index (κ3) is 2.98. The maximum Gasteiger partial charge on any atom is 0.324 e. The van der Waals surface area contributed by atoms with E-state index >= 15 is 0 Å². The molecule has 2 aromatic heterocycles. The van der Waals surface area contributed by atoms with Crippen molar-refractivity contribution in [3.05, 3.63) is 16.1 Å². The molecular formula is C12H15N5O2S2. The Morgan fingerprint density at radius 3 is 3.05 bits per heavy atom. The summed E-state index contributed by atoms with van der Waals surface area (Å²) in [7, 11) is 1.52. The molecular weight excluding hydrogens is 310 g/mol. The van der Waals surface area contributed by atoms with Crippen LogP contribution in [-0.2, 0) is 0 Å². The molecule has 0 spiro atoms. The summed E-state index contributed by atoms with van der Waals surface area (Å²) in [6.45, 7) is 2.69. The molecule has 1 fully saturated rings. The third-order valence-corrected chi connectivity index (χ3v) is 5.09. The fourth-order valence-corrected chi connectivity index (χ4v) is 3.79. The highest BCUT2D eigenvalue weighted by Crippen LogP contribution is 2.34. The van der Waals surface area contributed by atoms with Gasteiger partial charge in [0.25, 0.3) is 5.19 Å². The highest BCUT2D eigenvalue weighted by atomic mass is 32.1. The summed E-state index contributed by atoms with van der Waals surface area (Å²) in [5.74, 6) is 0. The molecule has 9 heteroatoms. The van der Waals surface area contributed by atoms with E-state index in [9.17, 15) is 4.79 Å². The van der Waals surface area contributed by atoms with E-state index in [1.807, 2.05) is 17.2 Å². The van der Waals surface area contributed by atoms with Crippen molar-refractivity contribution in [3.63, 3.8) is 0 Å². The first-order valence-corrected chi connectivity index (χ1v) is 8.24. The number of thiazole rings is 1. The predicted octanol–water partition coefficient (Wildman–Crippen LogP) is 2.68. The van der Waals surface area contributed by atoms with Crippen LogP contribution in [0.4, 0.5) is 9.93 Å². The van der Waals surface area contributed by atoms with Crippen molar-refractivity contribution in [2.24, 2.45) is 0 Å². The van der Waals surface area contributed by atoms with Crippen molar-refractivity contribution in [1.29, 1.82) is 0 Å². The summed E-state index contributed by atoms with van der Waals surface area (Å²) in [6, 6.07) is -0.109. The van der Waals surface area contributed by atoms with Gasteiger partial charge >= 0.3 is 6.03 Å². The molecule has 2 amide bonds. The van der Waals surface area contributed by atoms with Gasteiger partial charge in [0.05, 0.1) is 13.2 Å². The number of anilines is 1. The Labute approximate surface area is 130 Å². The number of hydrogen-bond donors (Lipinski definition) is 1. The van der Waals surface area contributed by atoms with Crippen molar-refractivity contribution < 1.29 is 9.53 Å². The molecule has 1 N–H and O–H groups in total. The van der Waals surface area contributed by atoms with Gasteiger partial charge in [-0.05, 0) is 31.1 Å². The largest absolute Gasteiger partial charge is 0.472 e. The number of likely N-dealkylation sites (tertiary alicyclic amines) is 1. The molecule has 1 aliphatic heterocycles. The van der Waals surface area contributed by atoms with Crippen LogP contribution in [0.2, 0.25) is 0 Å². The van der Waals surface area contributed by atoms with Crippen LogP contribution in [0, 0.1) is 6.92 Å². The monoisotopic (exact) mass is 325 g/mol. The van der Waals surface area contributed by atoms with E-state index in [0.717, 1.165) is 30.1 Å². The van der Waals surface area contributed by atoms with Gasteiger partial charge in [-0.25, -0.2) is 9.78 Å². The number of carbonyl (C=O) groups is 1. The average molecular weight is 325 g/mol. The normalized spacial score (nSPS) is 18.0. The van der Waals surface area contributed by atoms with Gasteiger partial charge in [0.1, 0.15) is 5.01 Å². The standard InChI is InChI=1S/C12H15N5O2S2/c1-7-6-20-9(13-7)8-4-3-5-17(8)11(18)14-10-15-16-12(19-2)21-10/h6,8H,3-5H2,1-2H3,(H,14,15,18)/t8-/m0/s1. The lowest BCUT2D eigenvalue weighted by Crippen LogP contribution is -2.34. The van der Waals surface area contributed by atoms with Crippen LogP contribution in [-0.4, -0.2) is 39.8 Å². The maximum absolute atomic E-state index is 12.4. The van der Waals surface area contributed by atoms with Crippen molar-refractivity contribution in [2.75, 3.05) is 19.0 Å². The Morgan fingerprint density at radius 1 is 1.52 bits per heavy atom. The molecule has 3 rings (SSSR count). The topological polar surface area (TPSA) is 80.2 Å². The zero-order chi connectivity index (χ0) is 14.8. The molecule has 1 saturated heterocycles. The van der Waals surface area contributed by atoms with Gasteiger partial charge < -0.3 is 9.64 Å². The van der Waals surface area contributed by atoms with Crippen LogP contribution in [0.1, 0.15) is 29.6 Å². The molecule has 21 heavy (non-hydrogen) atoms. The van der Waals surface area contributed by atoms with E-state index in [0.29, 0.717) is 10.3 Å². The summed E-state index contributed by atoms with van der Waals surface area (Å²) in [4.78, 5) is 18.7. The van der Waals surface area contributed by atoms with Crippen LogP contribution < -0.4 is 10.1 Å². The molecule has 0 aliphatic carbocycles. The Balaban J connectivity index is 1.71. The fourth-order valence-electron chi connectivity index (χ4n) is 2.30. The highest BCUT2D eigenvalue weighted by molar-refractivity contribution is 7.17. The third-order valence-electron chi connectivity index (χ3n) is 3.23. The van der Waals surface area contributed by atoms with E-state index in [1.54, 1.807) is 11.3 Å². The lowest BCUT2D eigenvalue weighted by molar-refractivity contribution is 0.207. The number of urea groups is 1. The minimum Gasteiger partial charge on any atom is -0.472 e. The lowest BCUT2D eigenvalue weighted by Gasteiger charge is -2.22. The molecule has 0 saturated carbocycles. The van der Waals surface area contributed by atoms with Gasteiger partial charge in [0, 0.05) is 17.6 Å². The number of amides is 2. The van der Waals surface area contributed by atoms with E-state index < -0.39 is 0 Å². The number of rotatable bonds is 3. The smallest absolute Gasteiger partial charge is 0.324 e. The second kappa shape index (κ2) is 5.94. The lowest BCUT2D eigenvalue weighted by atomic mass is 10.2. The minimum atomic E-state index is -0.163. The molecule has 0 bridgehead atoms. The average Bonchev–Trinajstić information content (AvgIpc) is 3.17. The van der Waals surface area contributed by atoms with Gasteiger partial charge in [-0.3, -0.25) is 5.32 Å². The number of hydrogen-bond acceptors (Lipinski definition) is 7. The molecule has 112 valence electrons. The summed E-state index contributed by atoms with van der Waals surface area (Å²) in [5, 5.41) is 14.3. The molecule has 2 aromatic rings. The highest BCUT2D eigenvalue weighted by Gasteiger charge is 2.32. The fraction of sp³-hybridized carbons (Fsp3) is 0.500. The molecule has 0 unspecified atom stereocenters.